The minimum Gasteiger partial charge on any atom is -0.357 e. The molecule has 0 atom stereocenters. The Morgan fingerprint density at radius 2 is 2.04 bits per heavy atom. The smallest absolute Gasteiger partial charge is 0.191 e. The van der Waals surface area contributed by atoms with Crippen LogP contribution in [0.25, 0.3) is 10.9 Å². The van der Waals surface area contributed by atoms with Gasteiger partial charge in [-0.25, -0.2) is 9.98 Å². The molecule has 1 aromatic carbocycles. The second-order valence-corrected chi connectivity index (χ2v) is 6.42. The maximum absolute atomic E-state index is 5.81. The van der Waals surface area contributed by atoms with Gasteiger partial charge in [0.2, 0.25) is 0 Å². The standard InChI is InChI=1S/C20H24ClN5/c1-2-22-20(25-15-16-8-9-19(21)24-14-16)23-11-5-12-26-13-10-17-6-3-4-7-18(17)26/h3-4,6-10,13-14H,2,5,11-12,15H2,1H3,(H2,22,23,25). The summed E-state index contributed by atoms with van der Waals surface area (Å²) >= 11 is 5.81. The zero-order valence-corrected chi connectivity index (χ0v) is 15.7. The molecule has 0 unspecified atom stereocenters. The van der Waals surface area contributed by atoms with E-state index in [2.05, 4.69) is 68.6 Å². The van der Waals surface area contributed by atoms with E-state index in [1.54, 1.807) is 12.3 Å². The van der Waals surface area contributed by atoms with Crippen molar-refractivity contribution in [3.63, 3.8) is 0 Å². The number of aromatic nitrogens is 2. The predicted molar refractivity (Wildman–Crippen MR) is 109 cm³/mol. The van der Waals surface area contributed by atoms with Crippen LogP contribution in [0.2, 0.25) is 5.15 Å². The van der Waals surface area contributed by atoms with Crippen molar-refractivity contribution in [2.75, 3.05) is 13.1 Å². The third kappa shape index (κ3) is 4.99. The van der Waals surface area contributed by atoms with Crippen LogP contribution >= 0.6 is 11.6 Å². The van der Waals surface area contributed by atoms with Crippen molar-refractivity contribution in [1.29, 1.82) is 0 Å². The Labute approximate surface area is 159 Å². The molecule has 136 valence electrons. The molecule has 26 heavy (non-hydrogen) atoms. The largest absolute Gasteiger partial charge is 0.357 e. The number of hydrogen-bond acceptors (Lipinski definition) is 2. The molecule has 3 aromatic rings. The van der Waals surface area contributed by atoms with Crippen LogP contribution in [-0.2, 0) is 13.1 Å². The van der Waals surface area contributed by atoms with Crippen LogP contribution in [0.1, 0.15) is 18.9 Å². The SMILES string of the molecule is CCNC(=NCc1ccc(Cl)nc1)NCCCn1ccc2ccccc21. The van der Waals surface area contributed by atoms with Gasteiger partial charge in [0.1, 0.15) is 5.15 Å². The van der Waals surface area contributed by atoms with E-state index in [0.717, 1.165) is 37.6 Å². The molecule has 0 saturated carbocycles. The number of rotatable bonds is 7. The van der Waals surface area contributed by atoms with Crippen molar-refractivity contribution in [1.82, 2.24) is 20.2 Å². The maximum atomic E-state index is 5.81. The molecule has 0 amide bonds. The second kappa shape index (κ2) is 9.25. The molecule has 0 aliphatic heterocycles. The Bertz CT molecular complexity index is 854. The van der Waals surface area contributed by atoms with E-state index in [0.29, 0.717) is 11.7 Å². The lowest BCUT2D eigenvalue weighted by Gasteiger charge is -2.12. The Balaban J connectivity index is 1.50. The number of benzene rings is 1. The normalized spacial score (nSPS) is 11.7. The molecule has 0 aliphatic carbocycles. The lowest BCUT2D eigenvalue weighted by Crippen LogP contribution is -2.38. The number of guanidine groups is 1. The highest BCUT2D eigenvalue weighted by Gasteiger charge is 2.01. The summed E-state index contributed by atoms with van der Waals surface area (Å²) in [6.07, 6.45) is 4.93. The average Bonchev–Trinajstić information content (AvgIpc) is 3.07. The van der Waals surface area contributed by atoms with Gasteiger partial charge in [0.15, 0.2) is 5.96 Å². The van der Waals surface area contributed by atoms with Crippen molar-refractivity contribution in [2.24, 2.45) is 4.99 Å². The van der Waals surface area contributed by atoms with Crippen molar-refractivity contribution in [2.45, 2.75) is 26.4 Å². The van der Waals surface area contributed by atoms with Crippen LogP contribution in [0.5, 0.6) is 0 Å². The van der Waals surface area contributed by atoms with Crippen molar-refractivity contribution in [3.05, 3.63) is 65.6 Å². The molecular weight excluding hydrogens is 346 g/mol. The van der Waals surface area contributed by atoms with Gasteiger partial charge in [-0.3, -0.25) is 0 Å². The highest BCUT2D eigenvalue weighted by atomic mass is 35.5. The van der Waals surface area contributed by atoms with Crippen molar-refractivity contribution >= 4 is 28.5 Å². The molecule has 0 spiro atoms. The van der Waals surface area contributed by atoms with Crippen LogP contribution in [0, 0.1) is 0 Å². The van der Waals surface area contributed by atoms with E-state index in [1.807, 2.05) is 6.07 Å². The molecule has 0 fully saturated rings. The Morgan fingerprint density at radius 1 is 1.15 bits per heavy atom. The molecule has 0 aliphatic rings. The summed E-state index contributed by atoms with van der Waals surface area (Å²) < 4.78 is 2.29. The van der Waals surface area contributed by atoms with Gasteiger partial charge in [0, 0.05) is 37.5 Å². The van der Waals surface area contributed by atoms with Gasteiger partial charge in [-0.05, 0) is 42.5 Å². The molecule has 2 heterocycles. The number of halogens is 1. The Hall–Kier alpha value is -2.53. The summed E-state index contributed by atoms with van der Waals surface area (Å²) in [4.78, 5) is 8.69. The predicted octanol–water partition coefficient (Wildman–Crippen LogP) is 3.84. The lowest BCUT2D eigenvalue weighted by molar-refractivity contribution is 0.641. The zero-order chi connectivity index (χ0) is 18.2. The number of nitrogens with zero attached hydrogens (tertiary/aromatic N) is 3. The number of aryl methyl sites for hydroxylation is 1. The summed E-state index contributed by atoms with van der Waals surface area (Å²) in [6, 6.07) is 14.4. The van der Waals surface area contributed by atoms with Crippen LogP contribution in [-0.4, -0.2) is 28.6 Å². The zero-order valence-electron chi connectivity index (χ0n) is 15.0. The monoisotopic (exact) mass is 369 g/mol. The van der Waals surface area contributed by atoms with Gasteiger partial charge in [-0.2, -0.15) is 0 Å². The maximum Gasteiger partial charge on any atom is 0.191 e. The number of nitrogens with one attached hydrogen (secondary N) is 2. The molecule has 2 N–H and O–H groups in total. The van der Waals surface area contributed by atoms with E-state index in [-0.39, 0.29) is 0 Å². The third-order valence-corrected chi connectivity index (χ3v) is 4.32. The van der Waals surface area contributed by atoms with Gasteiger partial charge in [-0.1, -0.05) is 35.9 Å². The van der Waals surface area contributed by atoms with Crippen LogP contribution < -0.4 is 10.6 Å². The molecule has 5 nitrogen and oxygen atoms in total. The number of pyridine rings is 1. The van der Waals surface area contributed by atoms with Gasteiger partial charge < -0.3 is 15.2 Å². The van der Waals surface area contributed by atoms with Gasteiger partial charge in [-0.15, -0.1) is 0 Å². The Kier molecular flexibility index (Phi) is 6.50. The fourth-order valence-electron chi connectivity index (χ4n) is 2.80. The number of fused-ring (bicyclic) bond motifs is 1. The van der Waals surface area contributed by atoms with Crippen molar-refractivity contribution < 1.29 is 0 Å². The summed E-state index contributed by atoms with van der Waals surface area (Å²) in [7, 11) is 0. The van der Waals surface area contributed by atoms with E-state index < -0.39 is 0 Å². The third-order valence-electron chi connectivity index (χ3n) is 4.10. The van der Waals surface area contributed by atoms with Gasteiger partial charge >= 0.3 is 0 Å². The van der Waals surface area contributed by atoms with Gasteiger partial charge in [0.05, 0.1) is 6.54 Å². The number of aliphatic imine (C=N–C) groups is 1. The first-order chi connectivity index (χ1) is 12.8. The lowest BCUT2D eigenvalue weighted by atomic mass is 10.2. The van der Waals surface area contributed by atoms with E-state index in [4.69, 9.17) is 11.6 Å². The van der Waals surface area contributed by atoms with Gasteiger partial charge in [0.25, 0.3) is 0 Å². The minimum absolute atomic E-state index is 0.500. The molecular formula is C20H24ClN5. The van der Waals surface area contributed by atoms with Crippen LogP contribution in [0.15, 0.2) is 59.9 Å². The Morgan fingerprint density at radius 3 is 2.85 bits per heavy atom. The summed E-state index contributed by atoms with van der Waals surface area (Å²) in [6.45, 7) is 5.29. The fraction of sp³-hybridized carbons (Fsp3) is 0.300. The quantitative estimate of drug-likeness (QED) is 0.288. The first-order valence-corrected chi connectivity index (χ1v) is 9.30. The number of hydrogen-bond donors (Lipinski definition) is 2. The van der Waals surface area contributed by atoms with E-state index >= 15 is 0 Å². The molecule has 2 aromatic heterocycles. The van der Waals surface area contributed by atoms with E-state index in [9.17, 15) is 0 Å². The van der Waals surface area contributed by atoms with Crippen LogP contribution in [0.4, 0.5) is 0 Å². The highest BCUT2D eigenvalue weighted by molar-refractivity contribution is 6.29. The van der Waals surface area contributed by atoms with Crippen molar-refractivity contribution in [3.8, 4) is 0 Å². The molecule has 0 saturated heterocycles. The molecule has 6 heteroatoms. The second-order valence-electron chi connectivity index (χ2n) is 6.03. The number of para-hydroxylation sites is 1. The molecule has 0 bridgehead atoms. The fourth-order valence-corrected chi connectivity index (χ4v) is 2.92. The molecule has 0 radical (unpaired) electrons. The average molecular weight is 370 g/mol. The minimum atomic E-state index is 0.500. The first-order valence-electron chi connectivity index (χ1n) is 8.93. The summed E-state index contributed by atoms with van der Waals surface area (Å²) in [5.74, 6) is 0.819. The van der Waals surface area contributed by atoms with E-state index in [1.165, 1.54) is 10.9 Å². The first kappa shape index (κ1) is 18.3. The summed E-state index contributed by atoms with van der Waals surface area (Å²) in [5, 5.41) is 8.45. The topological polar surface area (TPSA) is 54.2 Å². The molecule has 3 rings (SSSR count). The van der Waals surface area contributed by atoms with Crippen LogP contribution in [0.3, 0.4) is 0 Å². The summed E-state index contributed by atoms with van der Waals surface area (Å²) in [5.41, 5.74) is 2.31. The highest BCUT2D eigenvalue weighted by Crippen LogP contribution is 2.15.